The first-order valence-corrected chi connectivity index (χ1v) is 9.04. The highest BCUT2D eigenvalue weighted by molar-refractivity contribution is 5.38. The van der Waals surface area contributed by atoms with Gasteiger partial charge in [0.15, 0.2) is 0 Å². The highest BCUT2D eigenvalue weighted by Crippen LogP contribution is 2.14. The molecule has 2 saturated heterocycles. The minimum absolute atomic E-state index is 0.253. The summed E-state index contributed by atoms with van der Waals surface area (Å²) in [4.78, 5) is 11.4. The van der Waals surface area contributed by atoms with Crippen molar-refractivity contribution in [1.29, 1.82) is 0 Å². The van der Waals surface area contributed by atoms with E-state index in [1.54, 1.807) is 0 Å². The van der Waals surface area contributed by atoms with Gasteiger partial charge in [-0.3, -0.25) is 9.80 Å². The first-order valence-electron chi connectivity index (χ1n) is 9.04. The summed E-state index contributed by atoms with van der Waals surface area (Å²) < 4.78 is 5.76. The van der Waals surface area contributed by atoms with E-state index in [2.05, 4.69) is 39.6 Å². The van der Waals surface area contributed by atoms with Crippen LogP contribution >= 0.6 is 0 Å². The molecule has 3 atom stereocenters. The molecule has 0 bridgehead atoms. The van der Waals surface area contributed by atoms with E-state index in [9.17, 15) is 5.11 Å². The van der Waals surface area contributed by atoms with Crippen LogP contribution in [-0.4, -0.2) is 90.6 Å². The number of aromatic nitrogens is 1. The van der Waals surface area contributed by atoms with Crippen LogP contribution in [0.3, 0.4) is 0 Å². The molecule has 0 spiro atoms. The third-order valence-electron chi connectivity index (χ3n) is 4.78. The fraction of sp³-hybridized carbons (Fsp3) is 0.722. The molecule has 134 valence electrons. The van der Waals surface area contributed by atoms with Gasteiger partial charge in [-0.1, -0.05) is 6.07 Å². The van der Waals surface area contributed by atoms with Gasteiger partial charge in [-0.2, -0.15) is 0 Å². The molecule has 0 amide bonds. The van der Waals surface area contributed by atoms with Crippen LogP contribution in [0.4, 0.5) is 5.82 Å². The molecule has 0 aliphatic carbocycles. The quantitative estimate of drug-likeness (QED) is 0.854. The van der Waals surface area contributed by atoms with Crippen LogP contribution in [0.25, 0.3) is 0 Å². The van der Waals surface area contributed by atoms with Crippen LogP contribution in [0.5, 0.6) is 0 Å². The summed E-state index contributed by atoms with van der Waals surface area (Å²) in [5.74, 6) is 1.05. The van der Waals surface area contributed by atoms with E-state index >= 15 is 0 Å². The number of pyridine rings is 1. The molecule has 0 aromatic carbocycles. The Labute approximate surface area is 145 Å². The lowest BCUT2D eigenvalue weighted by Gasteiger charge is -2.39. The summed E-state index contributed by atoms with van der Waals surface area (Å²) in [6, 6.07) is 6.04. The van der Waals surface area contributed by atoms with Gasteiger partial charge < -0.3 is 14.7 Å². The van der Waals surface area contributed by atoms with E-state index < -0.39 is 0 Å². The first-order chi connectivity index (χ1) is 11.6. The third kappa shape index (κ3) is 4.89. The third-order valence-corrected chi connectivity index (χ3v) is 4.78. The fourth-order valence-corrected chi connectivity index (χ4v) is 3.79. The monoisotopic (exact) mass is 334 g/mol. The minimum Gasteiger partial charge on any atom is -0.390 e. The van der Waals surface area contributed by atoms with Crippen LogP contribution in [0, 0.1) is 0 Å². The Hall–Kier alpha value is -1.21. The Balaban J connectivity index is 1.41. The van der Waals surface area contributed by atoms with Gasteiger partial charge in [0.05, 0.1) is 18.3 Å². The lowest BCUT2D eigenvalue weighted by molar-refractivity contribution is -0.0780. The second kappa shape index (κ2) is 8.25. The fourth-order valence-electron chi connectivity index (χ4n) is 3.79. The van der Waals surface area contributed by atoms with E-state index in [1.165, 1.54) is 0 Å². The number of ether oxygens (including phenoxy) is 1. The molecule has 3 unspecified atom stereocenters. The summed E-state index contributed by atoms with van der Waals surface area (Å²) in [7, 11) is 0. The van der Waals surface area contributed by atoms with Gasteiger partial charge in [-0.25, -0.2) is 4.98 Å². The van der Waals surface area contributed by atoms with Crippen LogP contribution in [0.2, 0.25) is 0 Å². The van der Waals surface area contributed by atoms with Crippen LogP contribution in [-0.2, 0) is 4.74 Å². The molecule has 2 aliphatic heterocycles. The topological polar surface area (TPSA) is 52.1 Å². The Morgan fingerprint density at radius 3 is 2.38 bits per heavy atom. The maximum absolute atomic E-state index is 10.5. The molecule has 6 heteroatoms. The largest absolute Gasteiger partial charge is 0.390 e. The smallest absolute Gasteiger partial charge is 0.128 e. The van der Waals surface area contributed by atoms with E-state index in [-0.39, 0.29) is 18.3 Å². The highest BCUT2D eigenvalue weighted by atomic mass is 16.5. The van der Waals surface area contributed by atoms with Crippen molar-refractivity contribution in [2.75, 3.05) is 57.3 Å². The zero-order valence-electron chi connectivity index (χ0n) is 14.8. The number of aliphatic hydroxyl groups is 1. The van der Waals surface area contributed by atoms with Crippen LogP contribution in [0.1, 0.15) is 13.8 Å². The summed E-state index contributed by atoms with van der Waals surface area (Å²) in [5.41, 5.74) is 0. The SMILES string of the molecule is CC1CN(CC(O)CN2CCN(c3ccccn3)CC2)CC(C)O1. The van der Waals surface area contributed by atoms with Crippen molar-refractivity contribution in [1.82, 2.24) is 14.8 Å². The Kier molecular flexibility index (Phi) is 6.05. The van der Waals surface area contributed by atoms with Gasteiger partial charge in [0.25, 0.3) is 0 Å². The number of β-amino-alcohol motifs (C(OH)–C–C–N with tert-alkyl or cyclic N) is 1. The standard InChI is InChI=1S/C18H30N4O2/c1-15-11-21(12-16(2)24-15)14-17(23)13-20-7-9-22(10-8-20)18-5-3-4-6-19-18/h3-6,15-17,23H,7-14H2,1-2H3. The van der Waals surface area contributed by atoms with Crippen molar-refractivity contribution in [3.63, 3.8) is 0 Å². The normalized spacial score (nSPS) is 28.0. The van der Waals surface area contributed by atoms with Crippen LogP contribution < -0.4 is 4.90 Å². The summed E-state index contributed by atoms with van der Waals surface area (Å²) in [5, 5.41) is 10.5. The molecule has 0 saturated carbocycles. The zero-order chi connectivity index (χ0) is 16.9. The molecule has 2 aliphatic rings. The number of nitrogens with zero attached hydrogens (tertiary/aromatic N) is 4. The van der Waals surface area contributed by atoms with Crippen molar-refractivity contribution in [2.24, 2.45) is 0 Å². The average molecular weight is 334 g/mol. The van der Waals surface area contributed by atoms with Crippen molar-refractivity contribution in [2.45, 2.75) is 32.2 Å². The van der Waals surface area contributed by atoms with E-state index in [4.69, 9.17) is 4.74 Å². The number of morpholine rings is 1. The molecule has 0 radical (unpaired) electrons. The maximum Gasteiger partial charge on any atom is 0.128 e. The van der Waals surface area contributed by atoms with Gasteiger partial charge in [0.1, 0.15) is 5.82 Å². The molecule has 6 nitrogen and oxygen atoms in total. The molecule has 3 heterocycles. The predicted octanol–water partition coefficient (Wildman–Crippen LogP) is 0.674. The lowest BCUT2D eigenvalue weighted by Crippen LogP contribution is -2.52. The number of aliphatic hydroxyl groups excluding tert-OH is 1. The average Bonchev–Trinajstić information content (AvgIpc) is 2.55. The van der Waals surface area contributed by atoms with Crippen LogP contribution in [0.15, 0.2) is 24.4 Å². The number of piperazine rings is 1. The molecular formula is C18H30N4O2. The summed E-state index contributed by atoms with van der Waals surface area (Å²) in [6.45, 7) is 11.4. The second-order valence-electron chi connectivity index (χ2n) is 7.11. The van der Waals surface area contributed by atoms with Gasteiger partial charge in [-0.05, 0) is 26.0 Å². The van der Waals surface area contributed by atoms with Crippen molar-refractivity contribution in [3.8, 4) is 0 Å². The van der Waals surface area contributed by atoms with Gasteiger partial charge in [-0.15, -0.1) is 0 Å². The maximum atomic E-state index is 10.5. The first kappa shape index (κ1) is 17.6. The number of hydrogen-bond donors (Lipinski definition) is 1. The Morgan fingerprint density at radius 1 is 1.08 bits per heavy atom. The van der Waals surface area contributed by atoms with Crippen molar-refractivity contribution < 1.29 is 9.84 Å². The number of hydrogen-bond acceptors (Lipinski definition) is 6. The molecule has 1 aromatic heterocycles. The van der Waals surface area contributed by atoms with E-state index in [0.29, 0.717) is 0 Å². The van der Waals surface area contributed by atoms with Gasteiger partial charge >= 0.3 is 0 Å². The molecule has 3 rings (SSSR count). The van der Waals surface area contributed by atoms with Crippen molar-refractivity contribution >= 4 is 5.82 Å². The Bertz CT molecular complexity index is 483. The summed E-state index contributed by atoms with van der Waals surface area (Å²) in [6.07, 6.45) is 2.05. The van der Waals surface area contributed by atoms with Gasteiger partial charge in [0, 0.05) is 58.6 Å². The molecule has 2 fully saturated rings. The molecule has 24 heavy (non-hydrogen) atoms. The summed E-state index contributed by atoms with van der Waals surface area (Å²) >= 11 is 0. The number of anilines is 1. The minimum atomic E-state index is -0.302. The molecular weight excluding hydrogens is 304 g/mol. The predicted molar refractivity (Wildman–Crippen MR) is 95.3 cm³/mol. The number of rotatable bonds is 5. The van der Waals surface area contributed by atoms with Crippen molar-refractivity contribution in [3.05, 3.63) is 24.4 Å². The zero-order valence-corrected chi connectivity index (χ0v) is 14.8. The highest BCUT2D eigenvalue weighted by Gasteiger charge is 2.25. The Morgan fingerprint density at radius 2 is 1.75 bits per heavy atom. The van der Waals surface area contributed by atoms with E-state index in [0.717, 1.165) is 58.2 Å². The lowest BCUT2D eigenvalue weighted by atomic mass is 10.2. The van der Waals surface area contributed by atoms with Gasteiger partial charge in [0.2, 0.25) is 0 Å². The second-order valence-corrected chi connectivity index (χ2v) is 7.11. The van der Waals surface area contributed by atoms with E-state index in [1.807, 2.05) is 18.3 Å². The molecule has 1 N–H and O–H groups in total. The molecule has 1 aromatic rings.